The van der Waals surface area contributed by atoms with Crippen molar-refractivity contribution in [2.45, 2.75) is 19.5 Å². The summed E-state index contributed by atoms with van der Waals surface area (Å²) in [7, 11) is 0. The van der Waals surface area contributed by atoms with Gasteiger partial charge < -0.3 is 10.6 Å². The molecule has 0 unspecified atom stereocenters. The van der Waals surface area contributed by atoms with Crippen LogP contribution in [-0.4, -0.2) is 12.5 Å². The Morgan fingerprint density at radius 3 is 2.57 bits per heavy atom. The highest BCUT2D eigenvalue weighted by Crippen LogP contribution is 2.20. The highest BCUT2D eigenvalue weighted by atomic mass is 35.5. The maximum atomic E-state index is 12.0. The van der Waals surface area contributed by atoms with Gasteiger partial charge in [-0.15, -0.1) is 0 Å². The van der Waals surface area contributed by atoms with Gasteiger partial charge in [-0.05, 0) is 36.8 Å². The maximum absolute atomic E-state index is 12.0. The van der Waals surface area contributed by atoms with E-state index in [0.717, 1.165) is 11.1 Å². The molecule has 2 rings (SSSR count). The summed E-state index contributed by atoms with van der Waals surface area (Å²) in [6.07, 6.45) is 0. The molecule has 3 N–H and O–H groups in total. The quantitative estimate of drug-likeness (QED) is 0.800. The summed E-state index contributed by atoms with van der Waals surface area (Å²) in [5.41, 5.74) is 1.93. The van der Waals surface area contributed by atoms with Gasteiger partial charge in [0, 0.05) is 27.2 Å². The SMILES string of the molecule is C[C@@H]([NH2+]CC(=O)NCc1ccc(Cl)cc1Cl)c1cccc(Cl)c1. The number of amides is 1. The van der Waals surface area contributed by atoms with Gasteiger partial charge in [0.25, 0.3) is 5.91 Å². The summed E-state index contributed by atoms with van der Waals surface area (Å²) < 4.78 is 0. The van der Waals surface area contributed by atoms with Crippen molar-refractivity contribution in [2.75, 3.05) is 6.54 Å². The van der Waals surface area contributed by atoms with Gasteiger partial charge in [0.15, 0.2) is 6.54 Å². The molecule has 122 valence electrons. The van der Waals surface area contributed by atoms with E-state index >= 15 is 0 Å². The lowest BCUT2D eigenvalue weighted by Gasteiger charge is -2.12. The number of rotatable bonds is 6. The van der Waals surface area contributed by atoms with Crippen molar-refractivity contribution in [2.24, 2.45) is 0 Å². The number of nitrogens with one attached hydrogen (secondary N) is 1. The molecule has 3 nitrogen and oxygen atoms in total. The lowest BCUT2D eigenvalue weighted by molar-refractivity contribution is -0.682. The molecule has 0 bridgehead atoms. The monoisotopic (exact) mass is 371 g/mol. The van der Waals surface area contributed by atoms with Crippen molar-refractivity contribution in [3.05, 3.63) is 68.7 Å². The molecule has 0 spiro atoms. The van der Waals surface area contributed by atoms with E-state index in [1.807, 2.05) is 42.6 Å². The zero-order chi connectivity index (χ0) is 16.8. The first kappa shape index (κ1) is 18.1. The van der Waals surface area contributed by atoms with Gasteiger partial charge >= 0.3 is 0 Å². The summed E-state index contributed by atoms with van der Waals surface area (Å²) in [5.74, 6) is -0.0510. The molecule has 0 aromatic heterocycles. The highest BCUT2D eigenvalue weighted by Gasteiger charge is 2.12. The minimum absolute atomic E-state index is 0.0510. The molecule has 6 heteroatoms. The number of halogens is 3. The molecule has 0 radical (unpaired) electrons. The first-order chi connectivity index (χ1) is 11.0. The minimum atomic E-state index is -0.0510. The average Bonchev–Trinajstić information content (AvgIpc) is 2.51. The molecule has 0 aliphatic carbocycles. The smallest absolute Gasteiger partial charge is 0.275 e. The van der Waals surface area contributed by atoms with Crippen molar-refractivity contribution in [1.82, 2.24) is 5.32 Å². The van der Waals surface area contributed by atoms with Crippen LogP contribution in [0.25, 0.3) is 0 Å². The van der Waals surface area contributed by atoms with Gasteiger partial charge in [-0.2, -0.15) is 0 Å². The summed E-state index contributed by atoms with van der Waals surface area (Å²) in [6, 6.07) is 13.0. The van der Waals surface area contributed by atoms with E-state index in [1.165, 1.54) is 0 Å². The van der Waals surface area contributed by atoms with Gasteiger partial charge in [-0.3, -0.25) is 4.79 Å². The maximum Gasteiger partial charge on any atom is 0.275 e. The molecule has 0 saturated carbocycles. The van der Waals surface area contributed by atoms with Crippen molar-refractivity contribution in [3.8, 4) is 0 Å². The Hall–Kier alpha value is -1.26. The first-order valence-electron chi connectivity index (χ1n) is 7.25. The molecule has 0 aliphatic heterocycles. The van der Waals surface area contributed by atoms with Crippen LogP contribution in [0.4, 0.5) is 0 Å². The molecule has 0 fully saturated rings. The Morgan fingerprint density at radius 2 is 1.87 bits per heavy atom. The number of nitrogens with two attached hydrogens (primary N) is 1. The van der Waals surface area contributed by atoms with E-state index in [-0.39, 0.29) is 11.9 Å². The Labute approximate surface area is 150 Å². The average molecular weight is 373 g/mol. The molecule has 2 aromatic carbocycles. The van der Waals surface area contributed by atoms with Gasteiger partial charge in [-0.25, -0.2) is 0 Å². The van der Waals surface area contributed by atoms with Crippen LogP contribution < -0.4 is 10.6 Å². The van der Waals surface area contributed by atoms with E-state index in [1.54, 1.807) is 12.1 Å². The van der Waals surface area contributed by atoms with Crippen molar-refractivity contribution in [3.63, 3.8) is 0 Å². The second-order valence-corrected chi connectivity index (χ2v) is 6.58. The van der Waals surface area contributed by atoms with Crippen LogP contribution in [0.15, 0.2) is 42.5 Å². The van der Waals surface area contributed by atoms with E-state index in [9.17, 15) is 4.79 Å². The topological polar surface area (TPSA) is 45.7 Å². The van der Waals surface area contributed by atoms with Gasteiger partial charge in [0.05, 0.1) is 0 Å². The number of hydrogen-bond acceptors (Lipinski definition) is 1. The second kappa shape index (κ2) is 8.55. The van der Waals surface area contributed by atoms with Crippen LogP contribution in [0.2, 0.25) is 15.1 Å². The molecule has 0 heterocycles. The normalized spacial score (nSPS) is 12.0. The molecular formula is C17H18Cl3N2O+. The molecule has 0 aliphatic rings. The fourth-order valence-electron chi connectivity index (χ4n) is 2.14. The van der Waals surface area contributed by atoms with Crippen LogP contribution >= 0.6 is 34.8 Å². The molecule has 1 amide bonds. The largest absolute Gasteiger partial charge is 0.347 e. The molecule has 2 aromatic rings. The second-order valence-electron chi connectivity index (χ2n) is 5.30. The molecule has 23 heavy (non-hydrogen) atoms. The number of quaternary nitrogens is 1. The fraction of sp³-hybridized carbons (Fsp3) is 0.235. The third-order valence-corrected chi connectivity index (χ3v) is 4.34. The highest BCUT2D eigenvalue weighted by molar-refractivity contribution is 6.35. The van der Waals surface area contributed by atoms with Crippen LogP contribution in [0, 0.1) is 0 Å². The van der Waals surface area contributed by atoms with Crippen molar-refractivity contribution >= 4 is 40.7 Å². The zero-order valence-electron chi connectivity index (χ0n) is 12.7. The Morgan fingerprint density at radius 1 is 1.13 bits per heavy atom. The third kappa shape index (κ3) is 5.70. The summed E-state index contributed by atoms with van der Waals surface area (Å²) in [4.78, 5) is 12.0. The number of carbonyl (C=O) groups is 1. The van der Waals surface area contributed by atoms with E-state index in [0.29, 0.717) is 28.2 Å². The fourth-order valence-corrected chi connectivity index (χ4v) is 2.81. The van der Waals surface area contributed by atoms with Gasteiger partial charge in [0.2, 0.25) is 0 Å². The van der Waals surface area contributed by atoms with Crippen molar-refractivity contribution < 1.29 is 10.1 Å². The van der Waals surface area contributed by atoms with E-state index < -0.39 is 0 Å². The summed E-state index contributed by atoms with van der Waals surface area (Å²) >= 11 is 17.9. The molecule has 1 atom stereocenters. The van der Waals surface area contributed by atoms with Crippen molar-refractivity contribution in [1.29, 1.82) is 0 Å². The molecule has 0 saturated heterocycles. The summed E-state index contributed by atoms with van der Waals surface area (Å²) in [5, 5.41) is 6.64. The predicted molar refractivity (Wildman–Crippen MR) is 95.0 cm³/mol. The standard InChI is InChI=1S/C17H17Cl3N2O/c1-11(12-3-2-4-14(18)7-12)21-10-17(23)22-9-13-5-6-15(19)8-16(13)20/h2-8,11,21H,9-10H2,1H3,(H,22,23)/p+1/t11-/m1/s1. The zero-order valence-corrected chi connectivity index (χ0v) is 14.9. The number of benzene rings is 2. The lowest BCUT2D eigenvalue weighted by Crippen LogP contribution is -2.87. The van der Waals surface area contributed by atoms with E-state index in [4.69, 9.17) is 34.8 Å². The Balaban J connectivity index is 1.81. The number of hydrogen-bond donors (Lipinski definition) is 2. The number of carbonyl (C=O) groups excluding carboxylic acids is 1. The van der Waals surface area contributed by atoms with Crippen LogP contribution in [-0.2, 0) is 11.3 Å². The first-order valence-corrected chi connectivity index (χ1v) is 8.38. The molecular weight excluding hydrogens is 355 g/mol. The lowest BCUT2D eigenvalue weighted by atomic mass is 10.1. The Bertz CT molecular complexity index is 691. The summed E-state index contributed by atoms with van der Waals surface area (Å²) in [6.45, 7) is 2.75. The third-order valence-electron chi connectivity index (χ3n) is 3.52. The predicted octanol–water partition coefficient (Wildman–Crippen LogP) is 3.59. The van der Waals surface area contributed by atoms with Gasteiger partial charge in [-0.1, -0.05) is 53.0 Å². The van der Waals surface area contributed by atoms with Crippen LogP contribution in [0.3, 0.4) is 0 Å². The van der Waals surface area contributed by atoms with Crippen LogP contribution in [0.5, 0.6) is 0 Å². The minimum Gasteiger partial charge on any atom is -0.347 e. The van der Waals surface area contributed by atoms with Gasteiger partial charge in [0.1, 0.15) is 6.04 Å². The Kier molecular flexibility index (Phi) is 6.72. The van der Waals surface area contributed by atoms with E-state index in [2.05, 4.69) is 5.32 Å². The van der Waals surface area contributed by atoms with Crippen LogP contribution in [0.1, 0.15) is 24.1 Å².